The maximum Gasteiger partial charge on any atom is 0.181 e. The Hall–Kier alpha value is -0.625. The van der Waals surface area contributed by atoms with Gasteiger partial charge in [-0.2, -0.15) is 5.48 Å². The number of rotatable bonds is 14. The zero-order valence-electron chi connectivity index (χ0n) is 14.5. The molecule has 0 aromatic carbocycles. The van der Waals surface area contributed by atoms with Crippen LogP contribution in [0.2, 0.25) is 6.32 Å². The van der Waals surface area contributed by atoms with Gasteiger partial charge in [0.05, 0.1) is 31.0 Å². The number of nitrogens with one attached hydrogen (secondary N) is 2. The van der Waals surface area contributed by atoms with Gasteiger partial charge in [0.2, 0.25) is 0 Å². The van der Waals surface area contributed by atoms with Crippen LogP contribution in [-0.2, 0) is 14.4 Å². The SMILES string of the molecule is BNCCCC[C@H](NOCCBBC(=O)C(C)(C)N)C(C)=O. The first kappa shape index (κ1) is 21.4. The van der Waals surface area contributed by atoms with Gasteiger partial charge >= 0.3 is 0 Å². The molecule has 0 bridgehead atoms. The minimum atomic E-state index is -0.758. The Kier molecular flexibility index (Phi) is 11.5. The maximum atomic E-state index is 11.6. The summed E-state index contributed by atoms with van der Waals surface area (Å²) in [6.45, 7) is 6.45. The zero-order valence-corrected chi connectivity index (χ0v) is 14.5. The standard InChI is InChI=1S/C13H30B3N3O3/c1-10(20)11(6-4-5-8-18-14)19-22-9-7-15-16-12(21)13(2,3)17/h11,15-16,18-19H,4-9,14,17H2,1-3H3/t11-/m0/s1. The van der Waals surface area contributed by atoms with Gasteiger partial charge in [0.1, 0.15) is 5.78 Å². The molecule has 124 valence electrons. The summed E-state index contributed by atoms with van der Waals surface area (Å²) in [5.74, 6) is 0.0875. The van der Waals surface area contributed by atoms with Crippen molar-refractivity contribution in [1.82, 2.24) is 10.7 Å². The van der Waals surface area contributed by atoms with Crippen LogP contribution in [0.4, 0.5) is 0 Å². The van der Waals surface area contributed by atoms with Gasteiger partial charge in [-0.05, 0) is 40.2 Å². The third-order valence-electron chi connectivity index (χ3n) is 3.50. The van der Waals surface area contributed by atoms with E-state index >= 15 is 0 Å². The summed E-state index contributed by atoms with van der Waals surface area (Å²) < 4.78 is 0. The summed E-state index contributed by atoms with van der Waals surface area (Å²) in [6.07, 6.45) is 3.55. The summed E-state index contributed by atoms with van der Waals surface area (Å²) in [7, 11) is 3.13. The highest BCUT2D eigenvalue weighted by atomic mass is 16.6. The fourth-order valence-corrected chi connectivity index (χ4v) is 1.94. The number of Topliss-reactive ketones (excluding diaryl/α,β-unsaturated/α-hetero) is 1. The number of carbonyl (C=O) groups is 2. The Morgan fingerprint density at radius 1 is 1.36 bits per heavy atom. The molecule has 1 atom stereocenters. The van der Waals surface area contributed by atoms with Crippen molar-refractivity contribution in [3.8, 4) is 0 Å². The van der Waals surface area contributed by atoms with Crippen LogP contribution >= 0.6 is 0 Å². The summed E-state index contributed by atoms with van der Waals surface area (Å²) in [6, 6.07) is -0.249. The first-order valence-electron chi connectivity index (χ1n) is 8.13. The molecule has 0 aliphatic rings. The Balaban J connectivity index is 3.72. The highest BCUT2D eigenvalue weighted by Gasteiger charge is 2.21. The van der Waals surface area contributed by atoms with Crippen molar-refractivity contribution in [3.05, 3.63) is 0 Å². The van der Waals surface area contributed by atoms with E-state index in [1.807, 2.05) is 7.98 Å². The van der Waals surface area contributed by atoms with E-state index in [0.29, 0.717) is 13.8 Å². The molecule has 0 saturated carbocycles. The van der Waals surface area contributed by atoms with E-state index in [9.17, 15) is 9.59 Å². The van der Waals surface area contributed by atoms with Crippen molar-refractivity contribution in [2.75, 3.05) is 13.2 Å². The molecule has 0 saturated heterocycles. The molecule has 0 amide bonds. The minimum Gasteiger partial charge on any atom is -0.362 e. The first-order valence-corrected chi connectivity index (χ1v) is 8.13. The summed E-state index contributed by atoms with van der Waals surface area (Å²) >= 11 is 0. The van der Waals surface area contributed by atoms with Crippen LogP contribution in [-0.4, -0.2) is 58.5 Å². The summed E-state index contributed by atoms with van der Waals surface area (Å²) in [5, 5.41) is 3.08. The number of hydroxylamine groups is 1. The molecule has 0 fully saturated rings. The molecule has 0 spiro atoms. The van der Waals surface area contributed by atoms with Gasteiger partial charge in [0, 0.05) is 0 Å². The quantitative estimate of drug-likeness (QED) is 0.200. The average molecular weight is 309 g/mol. The van der Waals surface area contributed by atoms with Crippen LogP contribution in [0.3, 0.4) is 0 Å². The van der Waals surface area contributed by atoms with Gasteiger partial charge in [-0.3, -0.25) is 4.79 Å². The molecule has 0 aromatic rings. The second-order valence-corrected chi connectivity index (χ2v) is 6.33. The lowest BCUT2D eigenvalue weighted by Gasteiger charge is -2.17. The van der Waals surface area contributed by atoms with E-state index in [4.69, 9.17) is 10.6 Å². The molecule has 0 unspecified atom stereocenters. The molecule has 0 aromatic heterocycles. The predicted molar refractivity (Wildman–Crippen MR) is 96.3 cm³/mol. The fraction of sp³-hybridized carbons (Fsp3) is 0.846. The number of ketones is 1. The summed E-state index contributed by atoms with van der Waals surface area (Å²) in [5.41, 5.74) is 7.86. The smallest absolute Gasteiger partial charge is 0.181 e. The van der Waals surface area contributed by atoms with E-state index in [1.165, 1.54) is 0 Å². The van der Waals surface area contributed by atoms with Crippen LogP contribution < -0.4 is 16.4 Å². The third kappa shape index (κ3) is 11.0. The van der Waals surface area contributed by atoms with Gasteiger partial charge in [-0.1, -0.05) is 12.7 Å². The molecule has 0 radical (unpaired) electrons. The van der Waals surface area contributed by atoms with Gasteiger partial charge < -0.3 is 20.6 Å². The maximum absolute atomic E-state index is 11.6. The zero-order chi connectivity index (χ0) is 17.0. The molecule has 0 aliphatic heterocycles. The molecule has 0 rings (SSSR count). The highest BCUT2D eigenvalue weighted by molar-refractivity contribution is 7.16. The number of nitrogens with two attached hydrogens (primary N) is 1. The molecule has 0 heterocycles. The average Bonchev–Trinajstić information content (AvgIpc) is 2.43. The second kappa shape index (κ2) is 11.9. The van der Waals surface area contributed by atoms with Gasteiger partial charge in [0.15, 0.2) is 15.2 Å². The van der Waals surface area contributed by atoms with Crippen LogP contribution in [0.25, 0.3) is 0 Å². The van der Waals surface area contributed by atoms with E-state index < -0.39 is 5.54 Å². The topological polar surface area (TPSA) is 93.4 Å². The number of hydrogen-bond acceptors (Lipinski definition) is 6. The van der Waals surface area contributed by atoms with Crippen molar-refractivity contribution >= 4 is 33.8 Å². The number of carbonyl (C=O) groups excluding carboxylic acids is 2. The van der Waals surface area contributed by atoms with Crippen LogP contribution in [0, 0.1) is 0 Å². The normalized spacial score (nSPS) is 12.7. The lowest BCUT2D eigenvalue weighted by atomic mass is 9.34. The molecule has 6 nitrogen and oxygen atoms in total. The number of unbranched alkanes of at least 4 members (excludes halogenated alkanes) is 1. The second-order valence-electron chi connectivity index (χ2n) is 6.33. The predicted octanol–water partition coefficient (Wildman–Crippen LogP) is -1.76. The van der Waals surface area contributed by atoms with E-state index in [0.717, 1.165) is 39.3 Å². The molecule has 4 N–H and O–H groups in total. The Morgan fingerprint density at radius 3 is 2.59 bits per heavy atom. The monoisotopic (exact) mass is 309 g/mol. The van der Waals surface area contributed by atoms with Gasteiger partial charge in [-0.25, -0.2) is 0 Å². The van der Waals surface area contributed by atoms with Crippen molar-refractivity contribution in [2.24, 2.45) is 5.73 Å². The fourth-order valence-electron chi connectivity index (χ4n) is 1.94. The van der Waals surface area contributed by atoms with Crippen molar-refractivity contribution in [1.29, 1.82) is 0 Å². The third-order valence-corrected chi connectivity index (χ3v) is 3.50. The minimum absolute atomic E-state index is 0.0617. The van der Waals surface area contributed by atoms with E-state index in [1.54, 1.807) is 20.8 Å². The lowest BCUT2D eigenvalue weighted by Crippen LogP contribution is -2.46. The van der Waals surface area contributed by atoms with Crippen molar-refractivity contribution < 1.29 is 14.4 Å². The molecule has 22 heavy (non-hydrogen) atoms. The van der Waals surface area contributed by atoms with Crippen molar-refractivity contribution in [2.45, 2.75) is 57.9 Å². The number of hydrogen-bond donors (Lipinski definition) is 3. The molecular weight excluding hydrogens is 279 g/mol. The molecular formula is C13H30B3N3O3. The highest BCUT2D eigenvalue weighted by Crippen LogP contribution is 2.02. The van der Waals surface area contributed by atoms with Crippen LogP contribution in [0.15, 0.2) is 0 Å². The molecule has 9 heteroatoms. The van der Waals surface area contributed by atoms with E-state index in [2.05, 4.69) is 10.7 Å². The Bertz CT molecular complexity index is 338. The molecule has 0 aliphatic carbocycles. The van der Waals surface area contributed by atoms with Crippen LogP contribution in [0.1, 0.15) is 40.0 Å². The lowest BCUT2D eigenvalue weighted by molar-refractivity contribution is -0.123. The Labute approximate surface area is 136 Å². The van der Waals surface area contributed by atoms with Crippen LogP contribution in [0.5, 0.6) is 0 Å². The first-order chi connectivity index (χ1) is 10.3. The summed E-state index contributed by atoms with van der Waals surface area (Å²) in [4.78, 5) is 28.5. The Morgan fingerprint density at radius 2 is 2.05 bits per heavy atom. The van der Waals surface area contributed by atoms with E-state index in [-0.39, 0.29) is 17.5 Å². The largest absolute Gasteiger partial charge is 0.362 e. The van der Waals surface area contributed by atoms with Crippen molar-refractivity contribution in [3.63, 3.8) is 0 Å². The van der Waals surface area contributed by atoms with Gasteiger partial charge in [0.25, 0.3) is 0 Å². The van der Waals surface area contributed by atoms with Gasteiger partial charge in [-0.15, -0.1) is 0 Å².